The largest absolute Gasteiger partial charge is 0.326 e. The highest BCUT2D eigenvalue weighted by atomic mass is 35.5. The standard InChI is InChI=1S/C26H25ClF2N3O3P/c1-15-8-10-19(18(28)14-15)30-26(34)31-20-12-13-32(25(20)33)21-11-9-17(24(29)23(21)27)16-6-4-5-7-22(16)36(2,3)35/h4-11,14,20H,12-13H2,1-3H3,(H2,30,31,34)/t20-/m1/s1. The second kappa shape index (κ2) is 10.0. The summed E-state index contributed by atoms with van der Waals surface area (Å²) in [6.07, 6.45) is 0.264. The van der Waals surface area contributed by atoms with Gasteiger partial charge in [0, 0.05) is 17.4 Å². The molecule has 1 aliphatic rings. The second-order valence-corrected chi connectivity index (χ2v) is 12.6. The summed E-state index contributed by atoms with van der Waals surface area (Å²) in [6.45, 7) is 5.15. The fraction of sp³-hybridized carbons (Fsp3) is 0.231. The smallest absolute Gasteiger partial charge is 0.319 e. The molecule has 1 saturated heterocycles. The van der Waals surface area contributed by atoms with Crippen LogP contribution in [0.2, 0.25) is 5.02 Å². The van der Waals surface area contributed by atoms with E-state index in [9.17, 15) is 18.5 Å². The van der Waals surface area contributed by atoms with E-state index in [-0.39, 0.29) is 34.9 Å². The van der Waals surface area contributed by atoms with Gasteiger partial charge in [-0.25, -0.2) is 13.6 Å². The molecule has 0 aromatic heterocycles. The molecule has 0 unspecified atom stereocenters. The number of amides is 3. The first-order valence-corrected chi connectivity index (χ1v) is 14.2. The zero-order valence-corrected chi connectivity index (χ0v) is 21.6. The fourth-order valence-electron chi connectivity index (χ4n) is 4.22. The molecule has 1 aliphatic heterocycles. The lowest BCUT2D eigenvalue weighted by Gasteiger charge is -2.21. The van der Waals surface area contributed by atoms with E-state index in [4.69, 9.17) is 11.6 Å². The highest BCUT2D eigenvalue weighted by Gasteiger charge is 2.35. The van der Waals surface area contributed by atoms with Crippen LogP contribution in [0.5, 0.6) is 0 Å². The van der Waals surface area contributed by atoms with E-state index >= 15 is 4.39 Å². The second-order valence-electron chi connectivity index (χ2n) is 9.04. The maximum atomic E-state index is 15.4. The molecule has 4 rings (SSSR count). The van der Waals surface area contributed by atoms with Crippen LogP contribution in [-0.4, -0.2) is 37.9 Å². The van der Waals surface area contributed by atoms with Crippen LogP contribution in [0.25, 0.3) is 11.1 Å². The molecular weight excluding hydrogens is 507 g/mol. The average molecular weight is 532 g/mol. The van der Waals surface area contributed by atoms with Crippen LogP contribution >= 0.6 is 18.7 Å². The lowest BCUT2D eigenvalue weighted by atomic mass is 10.0. The van der Waals surface area contributed by atoms with E-state index in [1.807, 2.05) is 0 Å². The van der Waals surface area contributed by atoms with Crippen molar-refractivity contribution in [1.82, 2.24) is 5.32 Å². The maximum absolute atomic E-state index is 15.4. The van der Waals surface area contributed by atoms with Gasteiger partial charge in [-0.1, -0.05) is 41.9 Å². The minimum absolute atomic E-state index is 0.00917. The molecule has 188 valence electrons. The van der Waals surface area contributed by atoms with Crippen LogP contribution in [0.1, 0.15) is 12.0 Å². The molecule has 0 saturated carbocycles. The number of carbonyl (C=O) groups is 2. The maximum Gasteiger partial charge on any atom is 0.319 e. The quantitative estimate of drug-likeness (QED) is 0.410. The summed E-state index contributed by atoms with van der Waals surface area (Å²) in [6, 6.07) is 12.7. The molecule has 6 nitrogen and oxygen atoms in total. The van der Waals surface area contributed by atoms with Gasteiger partial charge < -0.3 is 20.1 Å². The molecule has 0 spiro atoms. The summed E-state index contributed by atoms with van der Waals surface area (Å²) in [5, 5.41) is 5.22. The van der Waals surface area contributed by atoms with Gasteiger partial charge in [0.15, 0.2) is 5.82 Å². The molecule has 1 fully saturated rings. The molecule has 1 atom stereocenters. The molecule has 3 amide bonds. The third kappa shape index (κ3) is 5.15. The van der Waals surface area contributed by atoms with Gasteiger partial charge >= 0.3 is 6.03 Å². The first-order valence-electron chi connectivity index (χ1n) is 11.3. The monoisotopic (exact) mass is 531 g/mol. The number of halogens is 3. The van der Waals surface area contributed by atoms with Crippen LogP contribution in [0.15, 0.2) is 54.6 Å². The predicted molar refractivity (Wildman–Crippen MR) is 140 cm³/mol. The van der Waals surface area contributed by atoms with Crippen molar-refractivity contribution in [2.75, 3.05) is 30.1 Å². The SMILES string of the molecule is Cc1ccc(NC(=O)N[C@@H]2CCN(c3ccc(-c4ccccc4P(C)(C)=O)c(F)c3Cl)C2=O)c(F)c1. The third-order valence-electron chi connectivity index (χ3n) is 6.01. The van der Waals surface area contributed by atoms with E-state index in [2.05, 4.69) is 10.6 Å². The Labute approximate surface area is 213 Å². The van der Waals surface area contributed by atoms with Crippen molar-refractivity contribution < 1.29 is 22.9 Å². The lowest BCUT2D eigenvalue weighted by molar-refractivity contribution is -0.118. The van der Waals surface area contributed by atoms with Gasteiger partial charge in [0.1, 0.15) is 24.0 Å². The fourth-order valence-corrected chi connectivity index (χ4v) is 5.70. The number of anilines is 2. The van der Waals surface area contributed by atoms with Crippen molar-refractivity contribution in [2.45, 2.75) is 19.4 Å². The average Bonchev–Trinajstić information content (AvgIpc) is 3.16. The molecule has 1 heterocycles. The van der Waals surface area contributed by atoms with Gasteiger partial charge in [-0.3, -0.25) is 4.79 Å². The van der Waals surface area contributed by atoms with Gasteiger partial charge in [-0.05, 0) is 62.1 Å². The van der Waals surface area contributed by atoms with Crippen LogP contribution in [0.3, 0.4) is 0 Å². The normalized spacial score (nSPS) is 15.8. The summed E-state index contributed by atoms with van der Waals surface area (Å²) in [4.78, 5) is 26.7. The van der Waals surface area contributed by atoms with Gasteiger partial charge in [-0.15, -0.1) is 0 Å². The Morgan fingerprint density at radius 1 is 1.08 bits per heavy atom. The van der Waals surface area contributed by atoms with Crippen molar-refractivity contribution in [3.05, 3.63) is 76.8 Å². The summed E-state index contributed by atoms with van der Waals surface area (Å²) in [5.41, 5.74) is 1.53. The van der Waals surface area contributed by atoms with Gasteiger partial charge in [-0.2, -0.15) is 0 Å². The van der Waals surface area contributed by atoms with E-state index in [1.54, 1.807) is 50.6 Å². The summed E-state index contributed by atoms with van der Waals surface area (Å²) < 4.78 is 42.2. The zero-order valence-electron chi connectivity index (χ0n) is 19.9. The van der Waals surface area contributed by atoms with Crippen LogP contribution in [-0.2, 0) is 9.36 Å². The number of aryl methyl sites for hydroxylation is 1. The number of hydrogen-bond acceptors (Lipinski definition) is 3. The first kappa shape index (κ1) is 25.9. The molecule has 3 aromatic rings. The predicted octanol–water partition coefficient (Wildman–Crippen LogP) is 5.77. The number of carbonyl (C=O) groups excluding carboxylic acids is 2. The van der Waals surface area contributed by atoms with E-state index in [1.165, 1.54) is 29.2 Å². The molecule has 0 bridgehead atoms. The number of nitrogens with zero attached hydrogens (tertiary/aromatic N) is 1. The highest BCUT2D eigenvalue weighted by molar-refractivity contribution is 7.70. The van der Waals surface area contributed by atoms with E-state index < -0.39 is 36.8 Å². The minimum atomic E-state index is -2.70. The molecule has 36 heavy (non-hydrogen) atoms. The number of urea groups is 1. The number of hydrogen-bond donors (Lipinski definition) is 2. The third-order valence-corrected chi connectivity index (χ3v) is 7.92. The van der Waals surface area contributed by atoms with Crippen molar-refractivity contribution in [3.63, 3.8) is 0 Å². The van der Waals surface area contributed by atoms with Gasteiger partial charge in [0.25, 0.3) is 0 Å². The van der Waals surface area contributed by atoms with Crippen LogP contribution in [0.4, 0.5) is 25.0 Å². The first-order chi connectivity index (χ1) is 17.0. The van der Waals surface area contributed by atoms with E-state index in [0.29, 0.717) is 16.4 Å². The number of rotatable bonds is 5. The Bertz CT molecular complexity index is 1410. The minimum Gasteiger partial charge on any atom is -0.326 e. The number of nitrogens with one attached hydrogen (secondary N) is 2. The van der Waals surface area contributed by atoms with Crippen molar-refractivity contribution in [1.29, 1.82) is 0 Å². The van der Waals surface area contributed by atoms with Crippen molar-refractivity contribution in [2.24, 2.45) is 0 Å². The number of benzene rings is 3. The molecule has 0 radical (unpaired) electrons. The topological polar surface area (TPSA) is 78.5 Å². The van der Waals surface area contributed by atoms with Crippen LogP contribution in [0, 0.1) is 18.6 Å². The Balaban J connectivity index is 1.53. The summed E-state index contributed by atoms with van der Waals surface area (Å²) in [7, 11) is -2.70. The van der Waals surface area contributed by atoms with Crippen molar-refractivity contribution >= 4 is 47.4 Å². The van der Waals surface area contributed by atoms with Crippen LogP contribution < -0.4 is 20.8 Å². The molecule has 2 N–H and O–H groups in total. The van der Waals surface area contributed by atoms with Gasteiger partial charge in [0.05, 0.1) is 11.4 Å². The highest BCUT2D eigenvalue weighted by Crippen LogP contribution is 2.42. The van der Waals surface area contributed by atoms with Crippen molar-refractivity contribution in [3.8, 4) is 11.1 Å². The lowest BCUT2D eigenvalue weighted by Crippen LogP contribution is -2.43. The molecular formula is C26H25ClF2N3O3P. The summed E-state index contributed by atoms with van der Waals surface area (Å²) >= 11 is 6.37. The summed E-state index contributed by atoms with van der Waals surface area (Å²) in [5.74, 6) is -1.78. The molecule has 0 aliphatic carbocycles. The Morgan fingerprint density at radius 3 is 2.50 bits per heavy atom. The molecule has 10 heteroatoms. The Hall–Kier alpha value is -3.22. The van der Waals surface area contributed by atoms with Gasteiger partial charge in [0.2, 0.25) is 5.91 Å². The Kier molecular flexibility index (Phi) is 7.21. The molecule has 3 aromatic carbocycles. The Morgan fingerprint density at radius 2 is 1.81 bits per heavy atom. The van der Waals surface area contributed by atoms with E-state index in [0.717, 1.165) is 0 Å². The zero-order chi connectivity index (χ0) is 26.2.